The van der Waals surface area contributed by atoms with Crippen molar-refractivity contribution in [2.24, 2.45) is 13.0 Å². The zero-order valence-corrected chi connectivity index (χ0v) is 34.5. The van der Waals surface area contributed by atoms with Crippen LogP contribution in [0.2, 0.25) is 0 Å². The maximum atomic E-state index is 14.2. The lowest BCUT2D eigenvalue weighted by Gasteiger charge is -2.34. The van der Waals surface area contributed by atoms with Crippen molar-refractivity contribution in [1.82, 2.24) is 44.4 Å². The van der Waals surface area contributed by atoms with Gasteiger partial charge in [0, 0.05) is 82.3 Å². The first-order chi connectivity index (χ1) is 29.4. The summed E-state index contributed by atoms with van der Waals surface area (Å²) in [5.74, 6) is -7.21. The number of fused-ring (bicyclic) bond motifs is 2. The van der Waals surface area contributed by atoms with Gasteiger partial charge in [0.25, 0.3) is 5.91 Å². The van der Waals surface area contributed by atoms with Gasteiger partial charge in [0.15, 0.2) is 17.4 Å². The van der Waals surface area contributed by atoms with Crippen LogP contribution in [-0.2, 0) is 23.2 Å². The number of hydrogen-bond acceptors (Lipinski definition) is 10. The maximum Gasteiger partial charge on any atom is 0.329 e. The van der Waals surface area contributed by atoms with Gasteiger partial charge in [-0.2, -0.15) is 9.49 Å². The summed E-state index contributed by atoms with van der Waals surface area (Å²) in [6.07, 6.45) is 9.30. The van der Waals surface area contributed by atoms with Crippen molar-refractivity contribution in [1.29, 1.82) is 0 Å². The summed E-state index contributed by atoms with van der Waals surface area (Å²) >= 11 is 0. The molecule has 3 fully saturated rings. The summed E-state index contributed by atoms with van der Waals surface area (Å²) in [6.45, 7) is 3.80. The molecule has 0 bridgehead atoms. The number of phenolic OH excluding ortho intramolecular Hbond substituents is 1. The van der Waals surface area contributed by atoms with Crippen LogP contribution in [0.4, 0.5) is 19.1 Å². The number of amides is 3. The third-order valence-corrected chi connectivity index (χ3v) is 12.4. The van der Waals surface area contributed by atoms with Gasteiger partial charge in [0.1, 0.15) is 6.04 Å². The van der Waals surface area contributed by atoms with Crippen molar-refractivity contribution in [3.05, 3.63) is 100 Å². The molecule has 0 spiro atoms. The van der Waals surface area contributed by atoms with Crippen LogP contribution in [0.1, 0.15) is 66.5 Å². The first-order valence-corrected chi connectivity index (χ1v) is 20.4. The number of benzene rings is 3. The molecule has 9 rings (SSSR count). The SMILES string of the molecule is Cl.Cn1c(=O)n([C@@H]2CCC(=O)NC2=O)c2cccc(CN3CCN(c4ncc(-c5ccc6cn(C7CCC(CNC(=O)c8cc(F)c(O)c(F)c8F)CC7)nc6c5)cn4)CC3)c21. The molecule has 0 radical (unpaired) electrons. The molecule has 15 nitrogen and oxygen atoms in total. The summed E-state index contributed by atoms with van der Waals surface area (Å²) in [5.41, 5.74) is 4.00. The Labute approximate surface area is 358 Å². The van der Waals surface area contributed by atoms with Gasteiger partial charge in [0.2, 0.25) is 23.6 Å². The lowest BCUT2D eigenvalue weighted by Crippen LogP contribution is -2.46. The van der Waals surface area contributed by atoms with Gasteiger partial charge < -0.3 is 15.3 Å². The number of anilines is 1. The number of piperidine rings is 1. The van der Waals surface area contributed by atoms with Gasteiger partial charge in [0.05, 0.1) is 28.2 Å². The standard InChI is InChI=1S/C43H43F3N10O5.ClH/c1-52-38-27(3-2-4-33(38)56(43(52)61)34-11-12-35(57)50-41(34)60)22-53-13-15-54(16-14-53)42-48-20-28(21-49-42)25-7-8-26-23-55(51-32(26)17-25)29-9-5-24(6-10-29)19-47-40(59)30-18-31(44)39(58)37(46)36(30)45;/h2-4,7-8,17-18,20-21,23-24,29,34,58H,5-6,9-16,19,22H2,1H3,(H,47,59)(H,50,57,60);1H/t24?,29?,34-;/m1./s1. The number of imidazole rings is 1. The molecule has 3 amide bonds. The third kappa shape index (κ3) is 7.99. The maximum absolute atomic E-state index is 14.2. The number of aromatic nitrogens is 6. The van der Waals surface area contributed by atoms with E-state index in [9.17, 15) is 37.5 Å². The second kappa shape index (κ2) is 17.2. The molecule has 2 saturated heterocycles. The third-order valence-electron chi connectivity index (χ3n) is 12.4. The number of hydrogen-bond donors (Lipinski definition) is 3. The monoisotopic (exact) mass is 872 g/mol. The molecule has 1 atom stereocenters. The van der Waals surface area contributed by atoms with Crippen molar-refractivity contribution in [3.8, 4) is 16.9 Å². The average Bonchev–Trinajstić information content (AvgIpc) is 3.81. The molecular weight excluding hydrogens is 829 g/mol. The second-order valence-corrected chi connectivity index (χ2v) is 16.1. The van der Waals surface area contributed by atoms with Crippen LogP contribution in [0, 0.1) is 23.4 Å². The van der Waals surface area contributed by atoms with E-state index in [-0.39, 0.29) is 55.4 Å². The molecule has 3 aliphatic rings. The fraction of sp³-hybridized carbons (Fsp3) is 0.372. The van der Waals surface area contributed by atoms with E-state index in [1.165, 1.54) is 4.57 Å². The van der Waals surface area contributed by atoms with Crippen LogP contribution in [-0.4, -0.2) is 89.3 Å². The number of para-hydroxylation sites is 1. The fourth-order valence-electron chi connectivity index (χ4n) is 8.96. The fourth-order valence-corrected chi connectivity index (χ4v) is 8.96. The van der Waals surface area contributed by atoms with Gasteiger partial charge in [-0.3, -0.25) is 38.4 Å². The first kappa shape index (κ1) is 42.4. The predicted molar refractivity (Wildman–Crippen MR) is 225 cm³/mol. The number of nitrogens with one attached hydrogen (secondary N) is 2. The highest BCUT2D eigenvalue weighted by Crippen LogP contribution is 2.34. The normalized spacial score (nSPS) is 19.7. The molecule has 6 aromatic rings. The Bertz CT molecular complexity index is 2760. The predicted octanol–water partition coefficient (Wildman–Crippen LogP) is 5.15. The molecule has 5 heterocycles. The molecule has 1 saturated carbocycles. The smallest absolute Gasteiger partial charge is 0.329 e. The van der Waals surface area contributed by atoms with E-state index in [1.807, 2.05) is 59.7 Å². The van der Waals surface area contributed by atoms with Gasteiger partial charge in [-0.15, -0.1) is 12.4 Å². The lowest BCUT2D eigenvalue weighted by molar-refractivity contribution is -0.135. The molecule has 3 aromatic heterocycles. The summed E-state index contributed by atoms with van der Waals surface area (Å²) in [5, 5.41) is 20.1. The molecule has 3 N–H and O–H groups in total. The van der Waals surface area contributed by atoms with Crippen LogP contribution < -0.4 is 21.2 Å². The van der Waals surface area contributed by atoms with Gasteiger partial charge >= 0.3 is 5.69 Å². The molecule has 19 heteroatoms. The average molecular weight is 873 g/mol. The van der Waals surface area contributed by atoms with Crippen LogP contribution in [0.5, 0.6) is 5.75 Å². The molecule has 3 aromatic carbocycles. The van der Waals surface area contributed by atoms with E-state index in [1.54, 1.807) is 11.6 Å². The summed E-state index contributed by atoms with van der Waals surface area (Å²) in [6, 6.07) is 11.7. The van der Waals surface area contributed by atoms with Crippen LogP contribution in [0.3, 0.4) is 0 Å². The van der Waals surface area contributed by atoms with E-state index >= 15 is 0 Å². The number of aryl methyl sites for hydroxylation is 1. The number of halogens is 4. The van der Waals surface area contributed by atoms with Crippen molar-refractivity contribution < 1.29 is 32.7 Å². The Morgan fingerprint density at radius 2 is 1.66 bits per heavy atom. The number of aromatic hydroxyl groups is 1. The highest BCUT2D eigenvalue weighted by molar-refractivity contribution is 6.00. The van der Waals surface area contributed by atoms with E-state index in [2.05, 4.69) is 20.4 Å². The Kier molecular flexibility index (Phi) is 11.8. The van der Waals surface area contributed by atoms with E-state index in [0.717, 1.165) is 71.9 Å². The zero-order valence-electron chi connectivity index (χ0n) is 33.7. The molecular formula is C43H44ClF3N10O5. The summed E-state index contributed by atoms with van der Waals surface area (Å²) < 4.78 is 46.7. The number of carbonyl (C=O) groups excluding carboxylic acids is 3. The van der Waals surface area contributed by atoms with Gasteiger partial charge in [-0.1, -0.05) is 24.3 Å². The van der Waals surface area contributed by atoms with Crippen LogP contribution in [0.25, 0.3) is 33.1 Å². The number of piperazine rings is 1. The Morgan fingerprint density at radius 3 is 2.39 bits per heavy atom. The van der Waals surface area contributed by atoms with E-state index in [0.29, 0.717) is 37.2 Å². The van der Waals surface area contributed by atoms with Crippen molar-refractivity contribution in [2.45, 2.75) is 57.2 Å². The minimum atomic E-state index is -1.79. The van der Waals surface area contributed by atoms with Crippen LogP contribution >= 0.6 is 12.4 Å². The number of imide groups is 1. The van der Waals surface area contributed by atoms with Crippen molar-refractivity contribution in [3.63, 3.8) is 0 Å². The number of nitrogens with zero attached hydrogens (tertiary/aromatic N) is 8. The zero-order chi connectivity index (χ0) is 42.5. The Balaban J connectivity index is 0.00000529. The van der Waals surface area contributed by atoms with Crippen molar-refractivity contribution in [2.75, 3.05) is 37.6 Å². The second-order valence-electron chi connectivity index (χ2n) is 16.1. The molecule has 62 heavy (non-hydrogen) atoms. The minimum absolute atomic E-state index is 0. The molecule has 0 unspecified atom stereocenters. The largest absolute Gasteiger partial charge is 0.503 e. The summed E-state index contributed by atoms with van der Waals surface area (Å²) in [4.78, 5) is 64.2. The van der Waals surface area contributed by atoms with Gasteiger partial charge in [-0.25, -0.2) is 23.5 Å². The van der Waals surface area contributed by atoms with Crippen molar-refractivity contribution >= 4 is 58.0 Å². The molecule has 2 aliphatic heterocycles. The highest BCUT2D eigenvalue weighted by Gasteiger charge is 2.32. The quantitative estimate of drug-likeness (QED) is 0.130. The lowest BCUT2D eigenvalue weighted by atomic mass is 9.86. The Hall–Kier alpha value is -6.27. The van der Waals surface area contributed by atoms with E-state index in [4.69, 9.17) is 15.1 Å². The first-order valence-electron chi connectivity index (χ1n) is 20.4. The number of rotatable bonds is 9. The van der Waals surface area contributed by atoms with Crippen LogP contribution in [0.15, 0.2) is 65.8 Å². The highest BCUT2D eigenvalue weighted by atomic mass is 35.5. The molecule has 324 valence electrons. The summed E-state index contributed by atoms with van der Waals surface area (Å²) in [7, 11) is 1.72. The molecule has 1 aliphatic carbocycles. The number of carbonyl (C=O) groups is 3. The Morgan fingerprint density at radius 1 is 0.919 bits per heavy atom. The van der Waals surface area contributed by atoms with E-state index < -0.39 is 46.6 Å². The minimum Gasteiger partial charge on any atom is -0.503 e. The topological polar surface area (TPSA) is 173 Å². The van der Waals surface area contributed by atoms with Gasteiger partial charge in [-0.05, 0) is 67.3 Å². The number of phenols is 1.